The number of benzene rings is 2. The molecule has 112 valence electrons. The molecule has 5 nitrogen and oxygen atoms in total. The lowest BCUT2D eigenvalue weighted by atomic mass is 10.2. The van der Waals surface area contributed by atoms with E-state index in [1.807, 2.05) is 6.92 Å². The fourth-order valence-electron chi connectivity index (χ4n) is 1.87. The van der Waals surface area contributed by atoms with Gasteiger partial charge in [-0.15, -0.1) is 0 Å². The second-order valence-corrected chi connectivity index (χ2v) is 6.34. The van der Waals surface area contributed by atoms with Gasteiger partial charge in [0.2, 0.25) is 0 Å². The largest absolute Gasteiger partial charge is 0.495 e. The van der Waals surface area contributed by atoms with E-state index >= 15 is 0 Å². The molecule has 0 aliphatic rings. The third kappa shape index (κ3) is 3.53. The first-order valence-corrected chi connectivity index (χ1v) is 7.91. The summed E-state index contributed by atoms with van der Waals surface area (Å²) in [6, 6.07) is 11.8. The molecule has 0 saturated carbocycles. The molecule has 0 aliphatic carbocycles. The third-order valence-corrected chi connectivity index (χ3v) is 4.46. The molecule has 0 fully saturated rings. The van der Waals surface area contributed by atoms with Gasteiger partial charge in [0.25, 0.3) is 10.0 Å². The van der Waals surface area contributed by atoms with Crippen molar-refractivity contribution >= 4 is 15.7 Å². The lowest BCUT2D eigenvalue weighted by Gasteiger charge is -2.13. The molecule has 0 amide bonds. The Kier molecular flexibility index (Phi) is 4.50. The smallest absolute Gasteiger partial charge is 0.262 e. The molecular weight excluding hydrogens is 288 g/mol. The zero-order valence-corrected chi connectivity index (χ0v) is 12.8. The second kappa shape index (κ2) is 6.15. The van der Waals surface area contributed by atoms with Crippen molar-refractivity contribution in [3.63, 3.8) is 0 Å². The SMILES string of the molecule is COc1cc(CN)ccc1NS(=O)(=O)c1ccc(C)cc1. The summed E-state index contributed by atoms with van der Waals surface area (Å²) in [5, 5.41) is 0. The van der Waals surface area contributed by atoms with Crippen LogP contribution in [0.2, 0.25) is 0 Å². The fourth-order valence-corrected chi connectivity index (χ4v) is 2.94. The Balaban J connectivity index is 2.34. The number of hydrogen-bond donors (Lipinski definition) is 2. The topological polar surface area (TPSA) is 81.4 Å². The van der Waals surface area contributed by atoms with Crippen LogP contribution in [-0.2, 0) is 16.6 Å². The molecule has 0 spiro atoms. The average Bonchev–Trinajstić information content (AvgIpc) is 2.47. The van der Waals surface area contributed by atoms with Crippen LogP contribution in [0.1, 0.15) is 11.1 Å². The van der Waals surface area contributed by atoms with Crippen molar-refractivity contribution in [3.8, 4) is 5.75 Å². The minimum absolute atomic E-state index is 0.207. The monoisotopic (exact) mass is 306 g/mol. The van der Waals surface area contributed by atoms with Crippen molar-refractivity contribution in [1.29, 1.82) is 0 Å². The predicted octanol–water partition coefficient (Wildman–Crippen LogP) is 2.26. The van der Waals surface area contributed by atoms with Crippen LogP contribution in [0.15, 0.2) is 47.4 Å². The van der Waals surface area contributed by atoms with Crippen LogP contribution in [0.25, 0.3) is 0 Å². The van der Waals surface area contributed by atoms with E-state index in [2.05, 4.69) is 4.72 Å². The van der Waals surface area contributed by atoms with Crippen LogP contribution in [0.3, 0.4) is 0 Å². The van der Waals surface area contributed by atoms with Gasteiger partial charge in [0.1, 0.15) is 5.75 Å². The number of hydrogen-bond acceptors (Lipinski definition) is 4. The molecule has 0 aromatic heterocycles. The highest BCUT2D eigenvalue weighted by Crippen LogP contribution is 2.28. The van der Waals surface area contributed by atoms with Gasteiger partial charge in [-0.25, -0.2) is 8.42 Å². The molecule has 21 heavy (non-hydrogen) atoms. The highest BCUT2D eigenvalue weighted by atomic mass is 32.2. The first-order valence-electron chi connectivity index (χ1n) is 6.43. The third-order valence-electron chi connectivity index (χ3n) is 3.08. The number of aryl methyl sites for hydroxylation is 1. The highest BCUT2D eigenvalue weighted by Gasteiger charge is 2.16. The van der Waals surface area contributed by atoms with Gasteiger partial charge in [-0.1, -0.05) is 23.8 Å². The Hall–Kier alpha value is -2.05. The quantitative estimate of drug-likeness (QED) is 0.888. The van der Waals surface area contributed by atoms with Crippen molar-refractivity contribution in [3.05, 3.63) is 53.6 Å². The van der Waals surface area contributed by atoms with Crippen LogP contribution in [0.4, 0.5) is 5.69 Å². The van der Waals surface area contributed by atoms with Crippen LogP contribution in [-0.4, -0.2) is 15.5 Å². The maximum atomic E-state index is 12.3. The predicted molar refractivity (Wildman–Crippen MR) is 82.9 cm³/mol. The molecular formula is C15H18N2O3S. The lowest BCUT2D eigenvalue weighted by Crippen LogP contribution is -2.13. The van der Waals surface area contributed by atoms with Crippen molar-refractivity contribution in [2.75, 3.05) is 11.8 Å². The maximum Gasteiger partial charge on any atom is 0.262 e. The van der Waals surface area contributed by atoms with Gasteiger partial charge in [-0.2, -0.15) is 0 Å². The van der Waals surface area contributed by atoms with Gasteiger partial charge in [0.05, 0.1) is 17.7 Å². The Morgan fingerprint density at radius 1 is 1.14 bits per heavy atom. The summed E-state index contributed by atoms with van der Waals surface area (Å²) in [4.78, 5) is 0.207. The fraction of sp³-hybridized carbons (Fsp3) is 0.200. The standard InChI is InChI=1S/C15H18N2O3S/c1-11-3-6-13(7-4-11)21(18,19)17-14-8-5-12(10-16)9-15(14)20-2/h3-9,17H,10,16H2,1-2H3. The van der Waals surface area contributed by atoms with E-state index in [4.69, 9.17) is 10.5 Å². The van der Waals surface area contributed by atoms with Gasteiger partial charge in [-0.05, 0) is 36.8 Å². The van der Waals surface area contributed by atoms with Crippen molar-refractivity contribution < 1.29 is 13.2 Å². The molecule has 0 saturated heterocycles. The van der Waals surface area contributed by atoms with Gasteiger partial charge in [-0.3, -0.25) is 4.72 Å². The van der Waals surface area contributed by atoms with Crippen LogP contribution in [0.5, 0.6) is 5.75 Å². The number of rotatable bonds is 5. The number of nitrogens with two attached hydrogens (primary N) is 1. The zero-order valence-electron chi connectivity index (χ0n) is 12.0. The second-order valence-electron chi connectivity index (χ2n) is 4.66. The number of ether oxygens (including phenoxy) is 1. The Morgan fingerprint density at radius 2 is 1.81 bits per heavy atom. The molecule has 2 rings (SSSR count). The Bertz CT molecular complexity index is 725. The molecule has 0 radical (unpaired) electrons. The average molecular weight is 306 g/mol. The summed E-state index contributed by atoms with van der Waals surface area (Å²) in [6.07, 6.45) is 0. The molecule has 3 N–H and O–H groups in total. The van der Waals surface area contributed by atoms with Crippen LogP contribution < -0.4 is 15.2 Å². The summed E-state index contributed by atoms with van der Waals surface area (Å²) >= 11 is 0. The van der Waals surface area contributed by atoms with Crippen molar-refractivity contribution in [2.45, 2.75) is 18.4 Å². The van der Waals surface area contributed by atoms with E-state index in [1.54, 1.807) is 42.5 Å². The minimum atomic E-state index is -3.64. The Labute approximate surface area is 124 Å². The van der Waals surface area contributed by atoms with E-state index in [0.29, 0.717) is 18.0 Å². The summed E-state index contributed by atoms with van der Waals surface area (Å²) in [5.41, 5.74) is 7.81. The summed E-state index contributed by atoms with van der Waals surface area (Å²) in [6.45, 7) is 2.26. The summed E-state index contributed by atoms with van der Waals surface area (Å²) < 4.78 is 32.4. The number of sulfonamides is 1. The maximum absolute atomic E-state index is 12.3. The van der Waals surface area contributed by atoms with E-state index in [-0.39, 0.29) is 4.90 Å². The molecule has 2 aromatic rings. The van der Waals surface area contributed by atoms with E-state index < -0.39 is 10.0 Å². The van der Waals surface area contributed by atoms with Gasteiger partial charge in [0, 0.05) is 6.54 Å². The normalized spacial score (nSPS) is 11.2. The van der Waals surface area contributed by atoms with Crippen molar-refractivity contribution in [2.24, 2.45) is 5.73 Å². The number of anilines is 1. The van der Waals surface area contributed by atoms with E-state index in [1.165, 1.54) is 7.11 Å². The summed E-state index contributed by atoms with van der Waals surface area (Å²) in [5.74, 6) is 0.439. The summed E-state index contributed by atoms with van der Waals surface area (Å²) in [7, 11) is -2.16. The zero-order chi connectivity index (χ0) is 15.5. The number of methoxy groups -OCH3 is 1. The molecule has 6 heteroatoms. The molecule has 0 bridgehead atoms. The first kappa shape index (κ1) is 15.3. The molecule has 0 heterocycles. The van der Waals surface area contributed by atoms with Gasteiger partial charge in [0.15, 0.2) is 0 Å². The van der Waals surface area contributed by atoms with Crippen LogP contribution in [0, 0.1) is 6.92 Å². The van der Waals surface area contributed by atoms with Gasteiger partial charge < -0.3 is 10.5 Å². The number of nitrogens with one attached hydrogen (secondary N) is 1. The lowest BCUT2D eigenvalue weighted by molar-refractivity contribution is 0.416. The molecule has 0 unspecified atom stereocenters. The van der Waals surface area contributed by atoms with Crippen LogP contribution >= 0.6 is 0 Å². The molecule has 2 aromatic carbocycles. The van der Waals surface area contributed by atoms with Crippen molar-refractivity contribution in [1.82, 2.24) is 0 Å². The molecule has 0 atom stereocenters. The van der Waals surface area contributed by atoms with Gasteiger partial charge >= 0.3 is 0 Å². The van der Waals surface area contributed by atoms with E-state index in [0.717, 1.165) is 11.1 Å². The first-order chi connectivity index (χ1) is 9.96. The molecule has 0 aliphatic heterocycles. The highest BCUT2D eigenvalue weighted by molar-refractivity contribution is 7.92. The van der Waals surface area contributed by atoms with E-state index in [9.17, 15) is 8.42 Å². The Morgan fingerprint density at radius 3 is 2.38 bits per heavy atom. The minimum Gasteiger partial charge on any atom is -0.495 e.